The number of rotatable bonds is 6. The first-order valence-corrected chi connectivity index (χ1v) is 8.91. The van der Waals surface area contributed by atoms with E-state index in [0.717, 1.165) is 38.5 Å². The van der Waals surface area contributed by atoms with Crippen molar-refractivity contribution in [2.24, 2.45) is 11.8 Å². The highest BCUT2D eigenvalue weighted by atomic mass is 35.5. The van der Waals surface area contributed by atoms with E-state index in [9.17, 15) is 4.79 Å². The number of likely N-dealkylation sites (tertiary alicyclic amines) is 1. The fourth-order valence-corrected chi connectivity index (χ4v) is 3.68. The Kier molecular flexibility index (Phi) is 9.37. The molecule has 2 N–H and O–H groups in total. The second kappa shape index (κ2) is 10.5. The molecular formula is C17H34ClN3O. The van der Waals surface area contributed by atoms with Gasteiger partial charge >= 0.3 is 0 Å². The second-order valence-corrected chi connectivity index (χ2v) is 6.96. The molecule has 0 bridgehead atoms. The van der Waals surface area contributed by atoms with Crippen LogP contribution in [0.1, 0.15) is 52.4 Å². The minimum atomic E-state index is 0. The van der Waals surface area contributed by atoms with Gasteiger partial charge in [-0.25, -0.2) is 0 Å². The van der Waals surface area contributed by atoms with Crippen molar-refractivity contribution in [2.45, 2.75) is 58.4 Å². The van der Waals surface area contributed by atoms with Crippen molar-refractivity contribution in [2.75, 3.05) is 32.7 Å². The Morgan fingerprint density at radius 1 is 1.14 bits per heavy atom. The summed E-state index contributed by atoms with van der Waals surface area (Å²) >= 11 is 0. The minimum absolute atomic E-state index is 0. The molecule has 1 heterocycles. The lowest BCUT2D eigenvalue weighted by molar-refractivity contribution is -0.123. The summed E-state index contributed by atoms with van der Waals surface area (Å²) in [5.41, 5.74) is 0. The van der Waals surface area contributed by atoms with Crippen LogP contribution in [0.4, 0.5) is 0 Å². The van der Waals surface area contributed by atoms with Gasteiger partial charge in [-0.15, -0.1) is 12.4 Å². The maximum atomic E-state index is 12.2. The van der Waals surface area contributed by atoms with Crippen molar-refractivity contribution in [3.63, 3.8) is 0 Å². The zero-order valence-corrected chi connectivity index (χ0v) is 15.1. The summed E-state index contributed by atoms with van der Waals surface area (Å²) in [4.78, 5) is 14.5. The lowest BCUT2D eigenvalue weighted by Crippen LogP contribution is -2.47. The van der Waals surface area contributed by atoms with E-state index in [1.54, 1.807) is 0 Å². The Hall–Kier alpha value is -0.320. The van der Waals surface area contributed by atoms with E-state index < -0.39 is 0 Å². The van der Waals surface area contributed by atoms with Crippen molar-refractivity contribution in [3.05, 3.63) is 0 Å². The fraction of sp³-hybridized carbons (Fsp3) is 0.941. The van der Waals surface area contributed by atoms with Gasteiger partial charge in [-0.3, -0.25) is 9.69 Å². The monoisotopic (exact) mass is 331 g/mol. The molecule has 0 aromatic heterocycles. The molecule has 2 unspecified atom stereocenters. The molecule has 1 saturated carbocycles. The highest BCUT2D eigenvalue weighted by Gasteiger charge is 2.25. The number of nitrogens with one attached hydrogen (secondary N) is 2. The quantitative estimate of drug-likeness (QED) is 0.785. The van der Waals surface area contributed by atoms with Crippen LogP contribution < -0.4 is 10.6 Å². The van der Waals surface area contributed by atoms with E-state index in [1.165, 1.54) is 32.1 Å². The molecule has 1 aliphatic carbocycles. The Morgan fingerprint density at radius 3 is 2.45 bits per heavy atom. The summed E-state index contributed by atoms with van der Waals surface area (Å²) in [6, 6.07) is 0.414. The van der Waals surface area contributed by atoms with Gasteiger partial charge in [-0.05, 0) is 63.7 Å². The van der Waals surface area contributed by atoms with Crippen LogP contribution >= 0.6 is 12.4 Å². The fourth-order valence-electron chi connectivity index (χ4n) is 3.68. The van der Waals surface area contributed by atoms with Crippen molar-refractivity contribution in [1.82, 2.24) is 15.5 Å². The maximum absolute atomic E-state index is 12.2. The van der Waals surface area contributed by atoms with Gasteiger partial charge in [-0.1, -0.05) is 26.7 Å². The smallest absolute Gasteiger partial charge is 0.234 e. The largest absolute Gasteiger partial charge is 0.352 e. The molecule has 4 nitrogen and oxygen atoms in total. The summed E-state index contributed by atoms with van der Waals surface area (Å²) in [5, 5.41) is 6.70. The first kappa shape index (κ1) is 19.7. The number of hydrogen-bond acceptors (Lipinski definition) is 3. The lowest BCUT2D eigenvalue weighted by Gasteiger charge is -2.33. The summed E-state index contributed by atoms with van der Waals surface area (Å²) in [5.74, 6) is 1.68. The van der Waals surface area contributed by atoms with Crippen LogP contribution in [0.15, 0.2) is 0 Å². The molecule has 2 atom stereocenters. The average Bonchev–Trinajstić information content (AvgIpc) is 2.49. The summed E-state index contributed by atoms with van der Waals surface area (Å²) < 4.78 is 0. The molecule has 0 aromatic rings. The number of amides is 1. The van der Waals surface area contributed by atoms with Crippen LogP contribution in [0.2, 0.25) is 0 Å². The minimum Gasteiger partial charge on any atom is -0.352 e. The van der Waals surface area contributed by atoms with Crippen molar-refractivity contribution in [1.29, 1.82) is 0 Å². The Balaban J connectivity index is 0.00000242. The number of piperidine rings is 1. The van der Waals surface area contributed by atoms with Gasteiger partial charge in [0.2, 0.25) is 5.91 Å². The number of hydrogen-bond donors (Lipinski definition) is 2. The molecule has 1 aliphatic heterocycles. The van der Waals surface area contributed by atoms with Gasteiger partial charge < -0.3 is 10.6 Å². The second-order valence-electron chi connectivity index (χ2n) is 6.96. The molecule has 22 heavy (non-hydrogen) atoms. The molecule has 0 spiro atoms. The zero-order chi connectivity index (χ0) is 15.1. The molecule has 2 rings (SSSR count). The Bertz CT molecular complexity index is 319. The van der Waals surface area contributed by atoms with E-state index in [-0.39, 0.29) is 18.3 Å². The third kappa shape index (κ3) is 6.43. The molecule has 1 amide bonds. The SMILES string of the molecule is CCNCC1CCN(CC(=O)NC2CCCCC2C)CC1.Cl. The summed E-state index contributed by atoms with van der Waals surface area (Å²) in [6.45, 7) is 9.37. The summed E-state index contributed by atoms with van der Waals surface area (Å²) in [7, 11) is 0. The van der Waals surface area contributed by atoms with Crippen LogP contribution in [0.5, 0.6) is 0 Å². The van der Waals surface area contributed by atoms with E-state index in [2.05, 4.69) is 29.4 Å². The van der Waals surface area contributed by atoms with Crippen molar-refractivity contribution < 1.29 is 4.79 Å². The Morgan fingerprint density at radius 2 is 1.82 bits per heavy atom. The van der Waals surface area contributed by atoms with Gasteiger partial charge in [-0.2, -0.15) is 0 Å². The maximum Gasteiger partial charge on any atom is 0.234 e. The van der Waals surface area contributed by atoms with Crippen molar-refractivity contribution in [3.8, 4) is 0 Å². The number of halogens is 1. The lowest BCUT2D eigenvalue weighted by atomic mass is 9.86. The van der Waals surface area contributed by atoms with E-state index in [0.29, 0.717) is 18.5 Å². The van der Waals surface area contributed by atoms with Gasteiger partial charge in [0.1, 0.15) is 0 Å². The number of nitrogens with zero attached hydrogens (tertiary/aromatic N) is 1. The zero-order valence-electron chi connectivity index (χ0n) is 14.3. The predicted molar refractivity (Wildman–Crippen MR) is 94.5 cm³/mol. The molecule has 2 aliphatic rings. The number of carbonyl (C=O) groups is 1. The third-order valence-corrected chi connectivity index (χ3v) is 5.22. The van der Waals surface area contributed by atoms with Gasteiger partial charge in [0.05, 0.1) is 6.54 Å². The summed E-state index contributed by atoms with van der Waals surface area (Å²) in [6.07, 6.45) is 7.47. The molecule has 0 radical (unpaired) electrons. The average molecular weight is 332 g/mol. The number of carbonyl (C=O) groups excluding carboxylic acids is 1. The van der Waals surface area contributed by atoms with E-state index in [4.69, 9.17) is 0 Å². The molecule has 0 aromatic carbocycles. The first-order valence-electron chi connectivity index (χ1n) is 8.91. The predicted octanol–water partition coefficient (Wildman–Crippen LogP) is 2.42. The van der Waals surface area contributed by atoms with E-state index >= 15 is 0 Å². The van der Waals surface area contributed by atoms with Crippen LogP contribution in [-0.4, -0.2) is 49.6 Å². The topological polar surface area (TPSA) is 44.4 Å². The van der Waals surface area contributed by atoms with Gasteiger partial charge in [0, 0.05) is 6.04 Å². The van der Waals surface area contributed by atoms with Gasteiger partial charge in [0.15, 0.2) is 0 Å². The van der Waals surface area contributed by atoms with Gasteiger partial charge in [0.25, 0.3) is 0 Å². The highest BCUT2D eigenvalue weighted by molar-refractivity contribution is 5.85. The third-order valence-electron chi connectivity index (χ3n) is 5.22. The normalized spacial score (nSPS) is 27.2. The standard InChI is InChI=1S/C17H33N3O.ClH/c1-3-18-12-15-8-10-20(11-9-15)13-17(21)19-16-7-5-4-6-14(16)2;/h14-16,18H,3-13H2,1-2H3,(H,19,21);1H. The highest BCUT2D eigenvalue weighted by Crippen LogP contribution is 2.23. The molecule has 1 saturated heterocycles. The van der Waals surface area contributed by atoms with Crippen molar-refractivity contribution >= 4 is 18.3 Å². The molecular weight excluding hydrogens is 298 g/mol. The van der Waals surface area contributed by atoms with Crippen LogP contribution in [-0.2, 0) is 4.79 Å². The van der Waals surface area contributed by atoms with Crippen LogP contribution in [0, 0.1) is 11.8 Å². The Labute approximate surface area is 142 Å². The molecule has 130 valence electrons. The first-order chi connectivity index (χ1) is 10.2. The van der Waals surface area contributed by atoms with Crippen LogP contribution in [0.25, 0.3) is 0 Å². The molecule has 2 fully saturated rings. The molecule has 5 heteroatoms. The van der Waals surface area contributed by atoms with E-state index in [1.807, 2.05) is 0 Å². The van der Waals surface area contributed by atoms with Crippen LogP contribution in [0.3, 0.4) is 0 Å².